The Labute approximate surface area is 185 Å². The zero-order valence-electron chi connectivity index (χ0n) is 16.5. The van der Waals surface area contributed by atoms with E-state index in [0.717, 1.165) is 38.4 Å². The van der Waals surface area contributed by atoms with Gasteiger partial charge in [0, 0.05) is 19.8 Å². The summed E-state index contributed by atoms with van der Waals surface area (Å²) in [7, 11) is 3.36. The van der Waals surface area contributed by atoms with Crippen molar-refractivity contribution in [1.82, 2.24) is 0 Å². The van der Waals surface area contributed by atoms with Crippen LogP contribution in [0.4, 0.5) is 0 Å². The minimum Gasteiger partial charge on any atom is -0.497 e. The van der Waals surface area contributed by atoms with E-state index >= 15 is 0 Å². The molecule has 2 nitrogen and oxygen atoms in total. The second kappa shape index (κ2) is 10.4. The van der Waals surface area contributed by atoms with Crippen LogP contribution < -0.4 is 9.47 Å². The normalized spacial score (nSPS) is 11.6. The van der Waals surface area contributed by atoms with Crippen molar-refractivity contribution < 1.29 is 9.47 Å². The molecule has 3 aromatic carbocycles. The first-order valence-electron chi connectivity index (χ1n) is 9.21. The van der Waals surface area contributed by atoms with Gasteiger partial charge in [0.1, 0.15) is 11.5 Å². The van der Waals surface area contributed by atoms with E-state index in [9.17, 15) is 0 Å². The summed E-state index contributed by atoms with van der Waals surface area (Å²) in [6.07, 6.45) is 2.71. The molecule has 3 rings (SSSR count). The van der Waals surface area contributed by atoms with Crippen molar-refractivity contribution in [1.29, 1.82) is 0 Å². The van der Waals surface area contributed by atoms with Gasteiger partial charge < -0.3 is 9.47 Å². The predicted octanol–water partition coefficient (Wildman–Crippen LogP) is 7.59. The highest BCUT2D eigenvalue weighted by Crippen LogP contribution is 2.41. The molecular weight excluding hydrogens is 444 g/mol. The van der Waals surface area contributed by atoms with Gasteiger partial charge in [0.05, 0.1) is 14.2 Å². The lowest BCUT2D eigenvalue weighted by Crippen LogP contribution is -1.95. The fraction of sp³-hybridized carbons (Fsp3) is 0.120. The van der Waals surface area contributed by atoms with Crippen molar-refractivity contribution in [3.63, 3.8) is 0 Å². The zero-order valence-corrected chi connectivity index (χ0v) is 18.9. The summed E-state index contributed by atoms with van der Waals surface area (Å²) >= 11 is 5.49. The molecule has 0 atom stereocenters. The SMILES string of the molecule is C=CC/C(Sc1ccc(OC)cc1)=C(\c1ccc(OC)cc1)c1ccccc1Br. The molecule has 148 valence electrons. The molecule has 0 radical (unpaired) electrons. The molecule has 0 saturated heterocycles. The fourth-order valence-corrected chi connectivity index (χ4v) is 4.57. The summed E-state index contributed by atoms with van der Waals surface area (Å²) < 4.78 is 11.7. The van der Waals surface area contributed by atoms with Crippen LogP contribution in [0.15, 0.2) is 99.7 Å². The van der Waals surface area contributed by atoms with E-state index in [1.807, 2.05) is 36.4 Å². The summed E-state index contributed by atoms with van der Waals surface area (Å²) in [5, 5.41) is 0. The molecule has 0 saturated carbocycles. The van der Waals surface area contributed by atoms with Crippen molar-refractivity contribution in [3.8, 4) is 11.5 Å². The van der Waals surface area contributed by atoms with Crippen LogP contribution >= 0.6 is 27.7 Å². The lowest BCUT2D eigenvalue weighted by Gasteiger charge is -2.17. The lowest BCUT2D eigenvalue weighted by atomic mass is 9.96. The highest BCUT2D eigenvalue weighted by molar-refractivity contribution is 9.10. The van der Waals surface area contributed by atoms with E-state index in [1.165, 1.54) is 10.5 Å². The van der Waals surface area contributed by atoms with Gasteiger partial charge in [-0.25, -0.2) is 0 Å². The van der Waals surface area contributed by atoms with Crippen molar-refractivity contribution >= 4 is 33.3 Å². The van der Waals surface area contributed by atoms with Crippen LogP contribution in [0.1, 0.15) is 17.5 Å². The Balaban J connectivity index is 2.15. The smallest absolute Gasteiger partial charge is 0.118 e. The first-order chi connectivity index (χ1) is 14.2. The molecule has 0 spiro atoms. The largest absolute Gasteiger partial charge is 0.497 e. The van der Waals surface area contributed by atoms with Crippen molar-refractivity contribution in [2.75, 3.05) is 14.2 Å². The van der Waals surface area contributed by atoms with Crippen LogP contribution in [-0.2, 0) is 0 Å². The van der Waals surface area contributed by atoms with E-state index in [1.54, 1.807) is 26.0 Å². The maximum Gasteiger partial charge on any atom is 0.118 e. The summed E-state index contributed by atoms with van der Waals surface area (Å²) in [6, 6.07) is 24.6. The summed E-state index contributed by atoms with van der Waals surface area (Å²) in [4.78, 5) is 2.38. The monoisotopic (exact) mass is 466 g/mol. The standard InChI is InChI=1S/C25H23BrO2S/c1-4-7-24(29-21-16-14-20(28-3)15-17-21)25(22-8-5-6-9-23(22)26)18-10-12-19(27-2)13-11-18/h4-6,8-17H,1,7H2,2-3H3/b25-24-. The number of halogens is 1. The molecule has 0 aromatic heterocycles. The van der Waals surface area contributed by atoms with Crippen LogP contribution in [0.3, 0.4) is 0 Å². The quantitative estimate of drug-likeness (QED) is 0.251. The van der Waals surface area contributed by atoms with Crippen molar-refractivity contribution in [3.05, 3.63) is 106 Å². The van der Waals surface area contributed by atoms with E-state index in [0.29, 0.717) is 0 Å². The lowest BCUT2D eigenvalue weighted by molar-refractivity contribution is 0.414. The number of allylic oxidation sites excluding steroid dienone is 2. The molecule has 0 aliphatic rings. The maximum atomic E-state index is 5.35. The Morgan fingerprint density at radius 3 is 2.03 bits per heavy atom. The second-order valence-corrected chi connectivity index (χ2v) is 8.30. The molecule has 0 aliphatic carbocycles. The number of thioether (sulfide) groups is 1. The Bertz CT molecular complexity index is 992. The molecule has 0 unspecified atom stereocenters. The summed E-state index contributed by atoms with van der Waals surface area (Å²) in [5.41, 5.74) is 3.46. The third-order valence-corrected chi connectivity index (χ3v) is 6.25. The van der Waals surface area contributed by atoms with Gasteiger partial charge in [0.2, 0.25) is 0 Å². The number of ether oxygens (including phenoxy) is 2. The number of benzene rings is 3. The molecule has 29 heavy (non-hydrogen) atoms. The van der Waals surface area contributed by atoms with Gasteiger partial charge in [-0.2, -0.15) is 0 Å². The third kappa shape index (κ3) is 5.34. The highest BCUT2D eigenvalue weighted by Gasteiger charge is 2.15. The molecule has 3 aromatic rings. The van der Waals surface area contributed by atoms with Crippen molar-refractivity contribution in [2.24, 2.45) is 0 Å². The Morgan fingerprint density at radius 2 is 1.48 bits per heavy atom. The maximum absolute atomic E-state index is 5.35. The third-order valence-electron chi connectivity index (χ3n) is 4.43. The number of hydrogen-bond donors (Lipinski definition) is 0. The fourth-order valence-electron chi connectivity index (χ4n) is 3.00. The average molecular weight is 467 g/mol. The molecule has 0 aliphatic heterocycles. The van der Waals surface area contributed by atoms with Gasteiger partial charge in [-0.1, -0.05) is 64.1 Å². The van der Waals surface area contributed by atoms with Crippen LogP contribution in [0.2, 0.25) is 0 Å². The van der Waals surface area contributed by atoms with Crippen LogP contribution in [-0.4, -0.2) is 14.2 Å². The molecular formula is C25H23BrO2S. The van der Waals surface area contributed by atoms with E-state index in [2.05, 4.69) is 65.0 Å². The Kier molecular flexibility index (Phi) is 7.62. The molecule has 0 amide bonds. The molecule has 0 N–H and O–H groups in total. The van der Waals surface area contributed by atoms with Gasteiger partial charge in [0.15, 0.2) is 0 Å². The van der Waals surface area contributed by atoms with Gasteiger partial charge in [0.25, 0.3) is 0 Å². The van der Waals surface area contributed by atoms with Gasteiger partial charge in [-0.05, 0) is 60.0 Å². The minimum atomic E-state index is 0.763. The molecule has 0 bridgehead atoms. The number of methoxy groups -OCH3 is 2. The molecule has 0 fully saturated rings. The highest BCUT2D eigenvalue weighted by atomic mass is 79.9. The van der Waals surface area contributed by atoms with E-state index < -0.39 is 0 Å². The van der Waals surface area contributed by atoms with Crippen molar-refractivity contribution in [2.45, 2.75) is 11.3 Å². The van der Waals surface area contributed by atoms with Gasteiger partial charge in [-0.3, -0.25) is 0 Å². The summed E-state index contributed by atoms with van der Waals surface area (Å²) in [5.74, 6) is 1.69. The first-order valence-corrected chi connectivity index (χ1v) is 10.8. The van der Waals surface area contributed by atoms with E-state index in [-0.39, 0.29) is 0 Å². The topological polar surface area (TPSA) is 18.5 Å². The van der Waals surface area contributed by atoms with E-state index in [4.69, 9.17) is 9.47 Å². The van der Waals surface area contributed by atoms with Gasteiger partial charge in [-0.15, -0.1) is 6.58 Å². The number of hydrogen-bond acceptors (Lipinski definition) is 3. The minimum absolute atomic E-state index is 0.763. The second-order valence-electron chi connectivity index (χ2n) is 6.28. The Morgan fingerprint density at radius 1 is 0.897 bits per heavy atom. The van der Waals surface area contributed by atoms with Crippen LogP contribution in [0.5, 0.6) is 11.5 Å². The number of rotatable bonds is 8. The van der Waals surface area contributed by atoms with Crippen LogP contribution in [0, 0.1) is 0 Å². The zero-order chi connectivity index (χ0) is 20.6. The predicted molar refractivity (Wildman–Crippen MR) is 127 cm³/mol. The van der Waals surface area contributed by atoms with Crippen LogP contribution in [0.25, 0.3) is 5.57 Å². The summed E-state index contributed by atoms with van der Waals surface area (Å²) in [6.45, 7) is 3.99. The Hall–Kier alpha value is -2.43. The molecule has 4 heteroatoms. The first kappa shape index (κ1) is 21.3. The van der Waals surface area contributed by atoms with Gasteiger partial charge >= 0.3 is 0 Å². The molecule has 0 heterocycles. The average Bonchev–Trinajstić information content (AvgIpc) is 2.76.